The highest BCUT2D eigenvalue weighted by atomic mass is 35.5. The van der Waals surface area contributed by atoms with E-state index in [0.717, 1.165) is 25.9 Å². The van der Waals surface area contributed by atoms with E-state index in [0.29, 0.717) is 23.0 Å². The Bertz CT molecular complexity index is 500. The quantitative estimate of drug-likeness (QED) is 0.921. The van der Waals surface area contributed by atoms with Crippen LogP contribution in [0.15, 0.2) is 18.2 Å². The number of nitrogens with two attached hydrogens (primary N) is 1. The number of likely N-dealkylation sites (tertiary alicyclic amines) is 1. The highest BCUT2D eigenvalue weighted by molar-refractivity contribution is 5.97. The molecule has 124 valence electrons. The number of carbonyl (C=O) groups excluding carboxylic acids is 1. The molecule has 0 bridgehead atoms. The van der Waals surface area contributed by atoms with Crippen LogP contribution in [-0.2, 0) is 0 Å². The molecular formula is C16H25ClN2O3. The largest absolute Gasteiger partial charge is 0.493 e. The van der Waals surface area contributed by atoms with Crippen LogP contribution in [0.1, 0.15) is 30.1 Å². The first-order valence-electron chi connectivity index (χ1n) is 7.34. The lowest BCUT2D eigenvalue weighted by atomic mass is 9.90. The van der Waals surface area contributed by atoms with E-state index in [1.165, 1.54) is 0 Å². The zero-order valence-electron chi connectivity index (χ0n) is 13.4. The van der Waals surface area contributed by atoms with Gasteiger partial charge in [0.2, 0.25) is 0 Å². The summed E-state index contributed by atoms with van der Waals surface area (Å²) < 4.78 is 10.6. The van der Waals surface area contributed by atoms with E-state index in [1.54, 1.807) is 26.4 Å². The standard InChI is InChI=1S/C16H24N2O3.ClH/c1-11(17)12-7-9-18(10-8-12)16(19)13-5-4-6-14(20-2)15(13)21-3;/h4-6,11-12H,7-10,17H2,1-3H3;1H. The summed E-state index contributed by atoms with van der Waals surface area (Å²) in [7, 11) is 3.12. The molecule has 1 aromatic rings. The molecule has 1 atom stereocenters. The number of ether oxygens (including phenoxy) is 2. The normalized spacial score (nSPS) is 16.6. The first kappa shape index (κ1) is 18.6. The maximum absolute atomic E-state index is 12.7. The van der Waals surface area contributed by atoms with Crippen LogP contribution in [0.2, 0.25) is 0 Å². The molecule has 1 amide bonds. The lowest BCUT2D eigenvalue weighted by molar-refractivity contribution is 0.0677. The van der Waals surface area contributed by atoms with Gasteiger partial charge in [-0.15, -0.1) is 12.4 Å². The Morgan fingerprint density at radius 3 is 2.41 bits per heavy atom. The van der Waals surface area contributed by atoms with Crippen LogP contribution in [-0.4, -0.2) is 44.2 Å². The third kappa shape index (κ3) is 3.84. The van der Waals surface area contributed by atoms with E-state index in [4.69, 9.17) is 15.2 Å². The zero-order valence-corrected chi connectivity index (χ0v) is 14.2. The average Bonchev–Trinajstić information content (AvgIpc) is 2.53. The fourth-order valence-electron chi connectivity index (χ4n) is 2.85. The second kappa shape index (κ2) is 8.25. The van der Waals surface area contributed by atoms with Crippen molar-refractivity contribution < 1.29 is 14.3 Å². The van der Waals surface area contributed by atoms with Crippen molar-refractivity contribution in [2.24, 2.45) is 11.7 Å². The summed E-state index contributed by atoms with van der Waals surface area (Å²) >= 11 is 0. The van der Waals surface area contributed by atoms with Gasteiger partial charge in [-0.2, -0.15) is 0 Å². The molecule has 0 saturated carbocycles. The van der Waals surface area contributed by atoms with E-state index >= 15 is 0 Å². The number of carbonyl (C=O) groups is 1. The van der Waals surface area contributed by atoms with Gasteiger partial charge in [0.1, 0.15) is 0 Å². The molecule has 0 aliphatic carbocycles. The molecule has 1 unspecified atom stereocenters. The third-order valence-electron chi connectivity index (χ3n) is 4.20. The Morgan fingerprint density at radius 2 is 1.91 bits per heavy atom. The Morgan fingerprint density at radius 1 is 1.27 bits per heavy atom. The Balaban J connectivity index is 0.00000242. The topological polar surface area (TPSA) is 64.8 Å². The van der Waals surface area contributed by atoms with Gasteiger partial charge in [0.05, 0.1) is 19.8 Å². The van der Waals surface area contributed by atoms with Gasteiger partial charge in [0.15, 0.2) is 11.5 Å². The van der Waals surface area contributed by atoms with Crippen molar-refractivity contribution in [2.75, 3.05) is 27.3 Å². The number of amides is 1. The molecule has 1 fully saturated rings. The summed E-state index contributed by atoms with van der Waals surface area (Å²) in [6, 6.07) is 5.57. The summed E-state index contributed by atoms with van der Waals surface area (Å²) in [5.41, 5.74) is 6.50. The van der Waals surface area contributed by atoms with Crippen LogP contribution >= 0.6 is 12.4 Å². The van der Waals surface area contributed by atoms with Gasteiger partial charge in [-0.3, -0.25) is 4.79 Å². The van der Waals surface area contributed by atoms with E-state index in [9.17, 15) is 4.79 Å². The highest BCUT2D eigenvalue weighted by Gasteiger charge is 2.27. The summed E-state index contributed by atoms with van der Waals surface area (Å²) in [5.74, 6) is 1.57. The maximum Gasteiger partial charge on any atom is 0.257 e. The minimum atomic E-state index is -0.00567. The molecular weight excluding hydrogens is 304 g/mol. The summed E-state index contributed by atoms with van der Waals surface area (Å²) in [5, 5.41) is 0. The van der Waals surface area contributed by atoms with Gasteiger partial charge in [0, 0.05) is 19.1 Å². The SMILES string of the molecule is COc1cccc(C(=O)N2CCC(C(C)N)CC2)c1OC.Cl. The Hall–Kier alpha value is -1.46. The lowest BCUT2D eigenvalue weighted by Crippen LogP contribution is -2.42. The van der Waals surface area contributed by atoms with Gasteiger partial charge in [-0.25, -0.2) is 0 Å². The fourth-order valence-corrected chi connectivity index (χ4v) is 2.85. The second-order valence-corrected chi connectivity index (χ2v) is 5.53. The maximum atomic E-state index is 12.7. The predicted octanol–water partition coefficient (Wildman–Crippen LogP) is 2.33. The highest BCUT2D eigenvalue weighted by Crippen LogP contribution is 2.32. The minimum Gasteiger partial charge on any atom is -0.493 e. The van der Waals surface area contributed by atoms with Gasteiger partial charge in [0.25, 0.3) is 5.91 Å². The van der Waals surface area contributed by atoms with Crippen LogP contribution in [0.3, 0.4) is 0 Å². The number of methoxy groups -OCH3 is 2. The monoisotopic (exact) mass is 328 g/mol. The van der Waals surface area contributed by atoms with Crippen LogP contribution in [0.25, 0.3) is 0 Å². The molecule has 1 aliphatic heterocycles. The smallest absolute Gasteiger partial charge is 0.257 e. The number of rotatable bonds is 4. The van der Waals surface area contributed by atoms with E-state index in [2.05, 4.69) is 0 Å². The van der Waals surface area contributed by atoms with Crippen molar-refractivity contribution in [1.82, 2.24) is 4.90 Å². The molecule has 5 nitrogen and oxygen atoms in total. The molecule has 0 radical (unpaired) electrons. The number of halogens is 1. The molecule has 1 aromatic carbocycles. The van der Waals surface area contributed by atoms with Gasteiger partial charge >= 0.3 is 0 Å². The lowest BCUT2D eigenvalue weighted by Gasteiger charge is -2.34. The van der Waals surface area contributed by atoms with E-state index in [-0.39, 0.29) is 24.4 Å². The summed E-state index contributed by atoms with van der Waals surface area (Å²) in [4.78, 5) is 14.6. The van der Waals surface area contributed by atoms with Gasteiger partial charge in [-0.05, 0) is 37.8 Å². The minimum absolute atomic E-state index is 0. The van der Waals surface area contributed by atoms with Crippen molar-refractivity contribution >= 4 is 18.3 Å². The molecule has 0 aromatic heterocycles. The first-order valence-corrected chi connectivity index (χ1v) is 7.34. The molecule has 2 N–H and O–H groups in total. The molecule has 22 heavy (non-hydrogen) atoms. The second-order valence-electron chi connectivity index (χ2n) is 5.53. The number of benzene rings is 1. The fraction of sp³-hybridized carbons (Fsp3) is 0.562. The Kier molecular flexibility index (Phi) is 6.97. The number of hydrogen-bond acceptors (Lipinski definition) is 4. The van der Waals surface area contributed by atoms with Gasteiger partial charge < -0.3 is 20.1 Å². The number of hydrogen-bond donors (Lipinski definition) is 1. The zero-order chi connectivity index (χ0) is 15.4. The molecule has 1 aliphatic rings. The van der Waals surface area contributed by atoms with Crippen molar-refractivity contribution in [1.29, 1.82) is 0 Å². The first-order chi connectivity index (χ1) is 10.1. The predicted molar refractivity (Wildman–Crippen MR) is 89.1 cm³/mol. The van der Waals surface area contributed by atoms with E-state index in [1.807, 2.05) is 17.9 Å². The van der Waals surface area contributed by atoms with Crippen LogP contribution in [0, 0.1) is 5.92 Å². The number of para-hydroxylation sites is 1. The van der Waals surface area contributed by atoms with Crippen LogP contribution in [0.4, 0.5) is 0 Å². The summed E-state index contributed by atoms with van der Waals surface area (Å²) in [6.07, 6.45) is 1.91. The van der Waals surface area contributed by atoms with Crippen LogP contribution < -0.4 is 15.2 Å². The molecule has 0 spiro atoms. The number of nitrogens with zero attached hydrogens (tertiary/aromatic N) is 1. The third-order valence-corrected chi connectivity index (χ3v) is 4.20. The van der Waals surface area contributed by atoms with Crippen molar-refractivity contribution in [3.63, 3.8) is 0 Å². The number of piperidine rings is 1. The van der Waals surface area contributed by atoms with Gasteiger partial charge in [-0.1, -0.05) is 6.07 Å². The molecule has 1 saturated heterocycles. The average molecular weight is 329 g/mol. The summed E-state index contributed by atoms with van der Waals surface area (Å²) in [6.45, 7) is 3.52. The Labute approximate surface area is 138 Å². The van der Waals surface area contributed by atoms with Crippen molar-refractivity contribution in [3.8, 4) is 11.5 Å². The van der Waals surface area contributed by atoms with Crippen molar-refractivity contribution in [3.05, 3.63) is 23.8 Å². The van der Waals surface area contributed by atoms with Crippen molar-refractivity contribution in [2.45, 2.75) is 25.8 Å². The molecule has 6 heteroatoms. The van der Waals surface area contributed by atoms with Crippen LogP contribution in [0.5, 0.6) is 11.5 Å². The molecule has 1 heterocycles. The molecule has 2 rings (SSSR count). The van der Waals surface area contributed by atoms with E-state index < -0.39 is 0 Å².